The minimum absolute atomic E-state index is 0.458. The Balaban J connectivity index is 1.85. The van der Waals surface area contributed by atoms with Crippen LogP contribution in [0.2, 0.25) is 0 Å². The Morgan fingerprint density at radius 3 is 2.74 bits per heavy atom. The van der Waals surface area contributed by atoms with Crippen LogP contribution in [0.5, 0.6) is 5.75 Å². The molecular weight excluding hydrogens is 342 g/mol. The molecular formula is C21H21N3O3. The summed E-state index contributed by atoms with van der Waals surface area (Å²) in [5.41, 5.74) is 3.10. The molecule has 0 aliphatic carbocycles. The molecule has 0 N–H and O–H groups in total. The number of methoxy groups -OCH3 is 1. The Morgan fingerprint density at radius 1 is 1.22 bits per heavy atom. The highest BCUT2D eigenvalue weighted by Crippen LogP contribution is 2.26. The van der Waals surface area contributed by atoms with Crippen LogP contribution in [-0.2, 0) is 4.74 Å². The first-order chi connectivity index (χ1) is 13.2. The molecule has 2 heterocycles. The summed E-state index contributed by atoms with van der Waals surface area (Å²) in [6, 6.07) is 5.67. The quantitative estimate of drug-likeness (QED) is 0.435. The van der Waals surface area contributed by atoms with E-state index in [2.05, 4.69) is 21.5 Å². The lowest BCUT2D eigenvalue weighted by Crippen LogP contribution is -2.04. The molecule has 0 spiro atoms. The molecule has 0 saturated heterocycles. The number of allylic oxidation sites excluding steroid dienone is 5. The molecule has 0 atom stereocenters. The maximum absolute atomic E-state index is 5.83. The van der Waals surface area contributed by atoms with Crippen LogP contribution < -0.4 is 4.74 Å². The van der Waals surface area contributed by atoms with Crippen molar-refractivity contribution in [3.05, 3.63) is 67.4 Å². The van der Waals surface area contributed by atoms with E-state index in [9.17, 15) is 0 Å². The van der Waals surface area contributed by atoms with Crippen molar-refractivity contribution in [2.45, 2.75) is 6.92 Å². The molecule has 0 radical (unpaired) electrons. The molecule has 0 amide bonds. The number of nitrogens with zero attached hydrogens (tertiary/aromatic N) is 3. The Kier molecular flexibility index (Phi) is 6.12. The minimum atomic E-state index is 0.458. The molecule has 6 heteroatoms. The SMILES string of the molecule is C=C/C(=C\C=C/C)c1nc2cc(-c3ncc(OCCOC)cn3)ccc2o1. The third kappa shape index (κ3) is 4.48. The van der Waals surface area contributed by atoms with Crippen molar-refractivity contribution in [2.24, 2.45) is 0 Å². The second-order valence-corrected chi connectivity index (χ2v) is 5.64. The molecule has 0 saturated carbocycles. The molecule has 0 unspecified atom stereocenters. The average Bonchev–Trinajstić information content (AvgIpc) is 3.12. The van der Waals surface area contributed by atoms with Gasteiger partial charge in [0.2, 0.25) is 5.89 Å². The number of fused-ring (bicyclic) bond motifs is 1. The molecule has 0 bridgehead atoms. The van der Waals surface area contributed by atoms with Gasteiger partial charge in [-0.3, -0.25) is 0 Å². The molecule has 0 aliphatic rings. The van der Waals surface area contributed by atoms with Gasteiger partial charge in [0.05, 0.1) is 19.0 Å². The lowest BCUT2D eigenvalue weighted by atomic mass is 10.2. The standard InChI is InChI=1S/C21H21N3O3/c1-4-6-7-15(5-2)21-24-18-12-16(8-9-19(18)27-21)20-22-13-17(14-23-20)26-11-10-25-3/h4-9,12-14H,2,10-11H2,1,3H3/b6-4-,15-7+. The van der Waals surface area contributed by atoms with E-state index in [4.69, 9.17) is 13.9 Å². The first kappa shape index (κ1) is 18.5. The van der Waals surface area contributed by atoms with Crippen LogP contribution in [0.4, 0.5) is 0 Å². The second-order valence-electron chi connectivity index (χ2n) is 5.64. The van der Waals surface area contributed by atoms with Gasteiger partial charge in [0.15, 0.2) is 17.2 Å². The van der Waals surface area contributed by atoms with Gasteiger partial charge < -0.3 is 13.9 Å². The monoisotopic (exact) mass is 363 g/mol. The Hall–Kier alpha value is -3.25. The van der Waals surface area contributed by atoms with Crippen LogP contribution in [-0.4, -0.2) is 35.3 Å². The Labute approximate surface area is 157 Å². The summed E-state index contributed by atoms with van der Waals surface area (Å²) in [6.07, 6.45) is 10.8. The zero-order valence-corrected chi connectivity index (χ0v) is 15.4. The lowest BCUT2D eigenvalue weighted by molar-refractivity contribution is 0.146. The lowest BCUT2D eigenvalue weighted by Gasteiger charge is -2.05. The number of ether oxygens (including phenoxy) is 2. The summed E-state index contributed by atoms with van der Waals surface area (Å²) in [5.74, 6) is 1.72. The molecule has 1 aromatic carbocycles. The van der Waals surface area contributed by atoms with E-state index in [1.165, 1.54) is 0 Å². The summed E-state index contributed by atoms with van der Waals surface area (Å²) in [5, 5.41) is 0. The fourth-order valence-corrected chi connectivity index (χ4v) is 2.40. The molecule has 3 aromatic rings. The van der Waals surface area contributed by atoms with Gasteiger partial charge in [-0.2, -0.15) is 0 Å². The van der Waals surface area contributed by atoms with Gasteiger partial charge in [-0.05, 0) is 31.2 Å². The number of benzene rings is 1. The fourth-order valence-electron chi connectivity index (χ4n) is 2.40. The summed E-state index contributed by atoms with van der Waals surface area (Å²) in [6.45, 7) is 6.74. The van der Waals surface area contributed by atoms with E-state index in [1.807, 2.05) is 43.4 Å². The predicted octanol–water partition coefficient (Wildman–Crippen LogP) is 4.46. The van der Waals surface area contributed by atoms with Crippen LogP contribution >= 0.6 is 0 Å². The first-order valence-electron chi connectivity index (χ1n) is 8.55. The van der Waals surface area contributed by atoms with Gasteiger partial charge in [0.25, 0.3) is 0 Å². The van der Waals surface area contributed by atoms with Crippen LogP contribution in [0, 0.1) is 0 Å². The van der Waals surface area contributed by atoms with Crippen LogP contribution in [0.15, 0.2) is 65.9 Å². The summed E-state index contributed by atoms with van der Waals surface area (Å²) >= 11 is 0. The number of oxazole rings is 1. The maximum atomic E-state index is 5.83. The molecule has 0 aliphatic heterocycles. The van der Waals surface area contributed by atoms with Gasteiger partial charge in [-0.25, -0.2) is 15.0 Å². The highest BCUT2D eigenvalue weighted by Gasteiger charge is 2.10. The topological polar surface area (TPSA) is 70.3 Å². The van der Waals surface area contributed by atoms with Crippen LogP contribution in [0.1, 0.15) is 12.8 Å². The fraction of sp³-hybridized carbons (Fsp3) is 0.190. The maximum Gasteiger partial charge on any atom is 0.227 e. The molecule has 27 heavy (non-hydrogen) atoms. The van der Waals surface area contributed by atoms with Crippen molar-refractivity contribution in [3.8, 4) is 17.1 Å². The summed E-state index contributed by atoms with van der Waals surface area (Å²) in [7, 11) is 1.63. The number of aromatic nitrogens is 3. The van der Waals surface area contributed by atoms with E-state index in [0.29, 0.717) is 36.3 Å². The van der Waals surface area contributed by atoms with Crippen molar-refractivity contribution in [1.82, 2.24) is 15.0 Å². The van der Waals surface area contributed by atoms with E-state index < -0.39 is 0 Å². The van der Waals surface area contributed by atoms with Crippen molar-refractivity contribution >= 4 is 16.7 Å². The number of hydrogen-bond acceptors (Lipinski definition) is 6. The molecule has 3 rings (SSSR count). The molecule has 0 fully saturated rings. The highest BCUT2D eigenvalue weighted by molar-refractivity contribution is 5.82. The normalized spacial score (nSPS) is 12.0. The van der Waals surface area contributed by atoms with Crippen molar-refractivity contribution in [1.29, 1.82) is 0 Å². The van der Waals surface area contributed by atoms with Crippen LogP contribution in [0.3, 0.4) is 0 Å². The average molecular weight is 363 g/mol. The minimum Gasteiger partial charge on any atom is -0.488 e. The van der Waals surface area contributed by atoms with Gasteiger partial charge >= 0.3 is 0 Å². The molecule has 2 aromatic heterocycles. The summed E-state index contributed by atoms with van der Waals surface area (Å²) in [4.78, 5) is 13.3. The van der Waals surface area contributed by atoms with E-state index in [1.54, 1.807) is 25.6 Å². The van der Waals surface area contributed by atoms with Gasteiger partial charge in [-0.15, -0.1) is 0 Å². The predicted molar refractivity (Wildman–Crippen MR) is 105 cm³/mol. The van der Waals surface area contributed by atoms with E-state index in [0.717, 1.165) is 16.7 Å². The smallest absolute Gasteiger partial charge is 0.227 e. The largest absolute Gasteiger partial charge is 0.488 e. The van der Waals surface area contributed by atoms with Gasteiger partial charge in [0.1, 0.15) is 12.1 Å². The van der Waals surface area contributed by atoms with Crippen LogP contribution in [0.25, 0.3) is 28.1 Å². The highest BCUT2D eigenvalue weighted by atomic mass is 16.5. The van der Waals surface area contributed by atoms with Gasteiger partial charge in [0, 0.05) is 18.2 Å². The van der Waals surface area contributed by atoms with E-state index >= 15 is 0 Å². The third-order valence-electron chi connectivity index (χ3n) is 3.77. The Bertz CT molecular complexity index is 972. The molecule has 138 valence electrons. The third-order valence-corrected chi connectivity index (χ3v) is 3.77. The second kappa shape index (κ2) is 8.91. The molecule has 6 nitrogen and oxygen atoms in total. The zero-order chi connectivity index (χ0) is 19.1. The first-order valence-corrected chi connectivity index (χ1v) is 8.55. The number of hydrogen-bond donors (Lipinski definition) is 0. The van der Waals surface area contributed by atoms with Crippen molar-refractivity contribution in [3.63, 3.8) is 0 Å². The van der Waals surface area contributed by atoms with E-state index in [-0.39, 0.29) is 0 Å². The summed E-state index contributed by atoms with van der Waals surface area (Å²) < 4.78 is 16.3. The number of rotatable bonds is 8. The van der Waals surface area contributed by atoms with Crippen molar-refractivity contribution < 1.29 is 13.9 Å². The van der Waals surface area contributed by atoms with Crippen molar-refractivity contribution in [2.75, 3.05) is 20.3 Å². The van der Waals surface area contributed by atoms with Gasteiger partial charge in [-0.1, -0.05) is 24.8 Å². The zero-order valence-electron chi connectivity index (χ0n) is 15.4. The Morgan fingerprint density at radius 2 is 2.04 bits per heavy atom.